The molecule has 4 unspecified atom stereocenters. The Balaban J connectivity index is 1.82. The number of nitrogens with zero attached hydrogens (tertiary/aromatic N) is 1. The molecule has 2 aliphatic rings. The molecular formula is C15H28N2S. The van der Waals surface area contributed by atoms with Crippen LogP contribution in [0, 0.1) is 17.8 Å². The predicted molar refractivity (Wildman–Crippen MR) is 82.2 cm³/mol. The van der Waals surface area contributed by atoms with E-state index in [1.807, 2.05) is 11.8 Å². The zero-order chi connectivity index (χ0) is 13.1. The average Bonchev–Trinajstić information content (AvgIpc) is 2.94. The predicted octanol–water partition coefficient (Wildman–Crippen LogP) is 3.92. The van der Waals surface area contributed by atoms with Gasteiger partial charge in [-0.05, 0) is 30.6 Å². The molecule has 104 valence electrons. The summed E-state index contributed by atoms with van der Waals surface area (Å²) < 4.78 is 0. The second-order valence-electron chi connectivity index (χ2n) is 6.04. The highest BCUT2D eigenvalue weighted by Gasteiger charge is 2.32. The second kappa shape index (κ2) is 6.31. The molecule has 1 saturated carbocycles. The van der Waals surface area contributed by atoms with Crippen molar-refractivity contribution >= 4 is 16.9 Å². The third-order valence-electron chi connectivity index (χ3n) is 5.03. The quantitative estimate of drug-likeness (QED) is 0.836. The molecule has 0 bridgehead atoms. The Morgan fingerprint density at radius 2 is 2.00 bits per heavy atom. The maximum Gasteiger partial charge on any atom is 0.157 e. The lowest BCUT2D eigenvalue weighted by Crippen LogP contribution is -2.35. The van der Waals surface area contributed by atoms with Crippen LogP contribution < -0.4 is 5.32 Å². The van der Waals surface area contributed by atoms with Crippen LogP contribution in [0.1, 0.15) is 53.4 Å². The summed E-state index contributed by atoms with van der Waals surface area (Å²) in [5.74, 6) is 2.49. The van der Waals surface area contributed by atoms with E-state index < -0.39 is 0 Å². The standard InChI is InChI=1S/C15H28N2S/c1-5-12(6-2)14-9-16-15(18-14)17-13-8-7-10(3)11(13)4/h10-14H,5-9H2,1-4H3,(H,16,17). The first-order valence-electron chi connectivity index (χ1n) is 7.63. The minimum Gasteiger partial charge on any atom is -0.362 e. The van der Waals surface area contributed by atoms with Crippen LogP contribution in [-0.4, -0.2) is 23.0 Å². The summed E-state index contributed by atoms with van der Waals surface area (Å²) in [5, 5.41) is 5.64. The Labute approximate surface area is 116 Å². The van der Waals surface area contributed by atoms with E-state index in [-0.39, 0.29) is 0 Å². The first-order chi connectivity index (χ1) is 8.65. The summed E-state index contributed by atoms with van der Waals surface area (Å²) in [6.45, 7) is 10.4. The number of thioether (sulfide) groups is 1. The topological polar surface area (TPSA) is 24.4 Å². The van der Waals surface area contributed by atoms with E-state index in [2.05, 4.69) is 33.0 Å². The number of nitrogens with one attached hydrogen (secondary N) is 1. The molecule has 0 spiro atoms. The molecule has 0 aromatic carbocycles. The van der Waals surface area contributed by atoms with Crippen LogP contribution in [0.25, 0.3) is 0 Å². The van der Waals surface area contributed by atoms with Gasteiger partial charge in [-0.15, -0.1) is 0 Å². The van der Waals surface area contributed by atoms with E-state index in [1.165, 1.54) is 30.9 Å². The van der Waals surface area contributed by atoms with Crippen LogP contribution in [0.3, 0.4) is 0 Å². The fourth-order valence-electron chi connectivity index (χ4n) is 3.26. The highest BCUT2D eigenvalue weighted by molar-refractivity contribution is 8.14. The molecule has 1 heterocycles. The van der Waals surface area contributed by atoms with Crippen LogP contribution in [-0.2, 0) is 0 Å². The van der Waals surface area contributed by atoms with Gasteiger partial charge in [0.2, 0.25) is 0 Å². The fraction of sp³-hybridized carbons (Fsp3) is 0.933. The number of rotatable bonds is 4. The van der Waals surface area contributed by atoms with Crippen molar-refractivity contribution in [3.05, 3.63) is 0 Å². The van der Waals surface area contributed by atoms with E-state index in [0.717, 1.165) is 29.5 Å². The third-order valence-corrected chi connectivity index (χ3v) is 6.33. The highest BCUT2D eigenvalue weighted by Crippen LogP contribution is 2.34. The van der Waals surface area contributed by atoms with E-state index >= 15 is 0 Å². The lowest BCUT2D eigenvalue weighted by molar-refractivity contribution is 0.404. The van der Waals surface area contributed by atoms with Gasteiger partial charge >= 0.3 is 0 Å². The minimum absolute atomic E-state index is 0.659. The normalized spacial score (nSPS) is 36.2. The van der Waals surface area contributed by atoms with Gasteiger partial charge in [-0.1, -0.05) is 52.3 Å². The van der Waals surface area contributed by atoms with Crippen molar-refractivity contribution in [1.82, 2.24) is 5.32 Å². The maximum atomic E-state index is 4.73. The van der Waals surface area contributed by atoms with Gasteiger partial charge in [0.25, 0.3) is 0 Å². The first-order valence-corrected chi connectivity index (χ1v) is 8.51. The van der Waals surface area contributed by atoms with Crippen LogP contribution in [0.15, 0.2) is 4.99 Å². The monoisotopic (exact) mass is 268 g/mol. The average molecular weight is 268 g/mol. The van der Waals surface area contributed by atoms with Crippen molar-refractivity contribution in [1.29, 1.82) is 0 Å². The number of aliphatic imine (C=N–C) groups is 1. The minimum atomic E-state index is 0.659. The van der Waals surface area contributed by atoms with Gasteiger partial charge in [0.05, 0.1) is 6.54 Å². The molecule has 2 rings (SSSR count). The van der Waals surface area contributed by atoms with Gasteiger partial charge in [-0.3, -0.25) is 4.99 Å². The van der Waals surface area contributed by atoms with Crippen LogP contribution >= 0.6 is 11.8 Å². The van der Waals surface area contributed by atoms with Gasteiger partial charge in [-0.25, -0.2) is 0 Å². The molecule has 0 aromatic rings. The number of amidine groups is 1. The Kier molecular flexibility index (Phi) is 4.99. The van der Waals surface area contributed by atoms with Crippen LogP contribution in [0.5, 0.6) is 0 Å². The number of hydrogen-bond donors (Lipinski definition) is 1. The lowest BCUT2D eigenvalue weighted by Gasteiger charge is -2.22. The van der Waals surface area contributed by atoms with Crippen molar-refractivity contribution in [2.45, 2.75) is 64.7 Å². The Morgan fingerprint density at radius 1 is 1.28 bits per heavy atom. The summed E-state index contributed by atoms with van der Waals surface area (Å²) >= 11 is 2.00. The molecule has 0 saturated heterocycles. The van der Waals surface area contributed by atoms with Crippen molar-refractivity contribution in [3.63, 3.8) is 0 Å². The third kappa shape index (κ3) is 3.04. The molecular weight excluding hydrogens is 240 g/mol. The zero-order valence-corrected chi connectivity index (χ0v) is 13.1. The van der Waals surface area contributed by atoms with Crippen LogP contribution in [0.2, 0.25) is 0 Å². The molecule has 0 aromatic heterocycles. The van der Waals surface area contributed by atoms with Gasteiger partial charge < -0.3 is 5.32 Å². The van der Waals surface area contributed by atoms with Gasteiger partial charge in [-0.2, -0.15) is 0 Å². The van der Waals surface area contributed by atoms with Crippen molar-refractivity contribution < 1.29 is 0 Å². The highest BCUT2D eigenvalue weighted by atomic mass is 32.2. The van der Waals surface area contributed by atoms with Crippen molar-refractivity contribution in [2.24, 2.45) is 22.7 Å². The Morgan fingerprint density at radius 3 is 2.56 bits per heavy atom. The zero-order valence-electron chi connectivity index (χ0n) is 12.3. The molecule has 3 heteroatoms. The molecule has 4 atom stereocenters. The summed E-state index contributed by atoms with van der Waals surface area (Å²) in [6.07, 6.45) is 5.26. The SMILES string of the molecule is CCC(CC)C1CN=C(NC2CCC(C)C2C)S1. The van der Waals surface area contributed by atoms with E-state index in [0.29, 0.717) is 6.04 Å². The molecule has 1 aliphatic heterocycles. The molecule has 1 N–H and O–H groups in total. The Bertz CT molecular complexity index is 299. The number of hydrogen-bond acceptors (Lipinski definition) is 3. The van der Waals surface area contributed by atoms with Crippen molar-refractivity contribution in [3.8, 4) is 0 Å². The molecule has 1 aliphatic carbocycles. The molecule has 0 amide bonds. The summed E-state index contributed by atoms with van der Waals surface area (Å²) in [4.78, 5) is 4.73. The summed E-state index contributed by atoms with van der Waals surface area (Å²) in [7, 11) is 0. The van der Waals surface area contributed by atoms with Gasteiger partial charge in [0.1, 0.15) is 0 Å². The largest absolute Gasteiger partial charge is 0.362 e. The van der Waals surface area contributed by atoms with Crippen molar-refractivity contribution in [2.75, 3.05) is 6.54 Å². The fourth-order valence-corrected chi connectivity index (χ4v) is 4.64. The summed E-state index contributed by atoms with van der Waals surface area (Å²) in [5.41, 5.74) is 0. The molecule has 18 heavy (non-hydrogen) atoms. The second-order valence-corrected chi connectivity index (χ2v) is 7.27. The Hall–Kier alpha value is -0.180. The lowest BCUT2D eigenvalue weighted by atomic mass is 9.98. The molecule has 0 radical (unpaired) electrons. The van der Waals surface area contributed by atoms with E-state index in [9.17, 15) is 0 Å². The van der Waals surface area contributed by atoms with Gasteiger partial charge in [0, 0.05) is 11.3 Å². The molecule has 1 fully saturated rings. The smallest absolute Gasteiger partial charge is 0.157 e. The first kappa shape index (κ1) is 14.2. The van der Waals surface area contributed by atoms with Crippen LogP contribution in [0.4, 0.5) is 0 Å². The van der Waals surface area contributed by atoms with E-state index in [4.69, 9.17) is 4.99 Å². The molecule has 2 nitrogen and oxygen atoms in total. The maximum absolute atomic E-state index is 4.73. The van der Waals surface area contributed by atoms with Gasteiger partial charge in [0.15, 0.2) is 5.17 Å². The van der Waals surface area contributed by atoms with E-state index in [1.54, 1.807) is 0 Å². The summed E-state index contributed by atoms with van der Waals surface area (Å²) in [6, 6.07) is 0.659.